The van der Waals surface area contributed by atoms with Gasteiger partial charge in [-0.25, -0.2) is 0 Å². The lowest BCUT2D eigenvalue weighted by Gasteiger charge is -2.26. The van der Waals surface area contributed by atoms with Gasteiger partial charge in [0.2, 0.25) is 0 Å². The number of thiocarbonyl (C=S) groups is 1. The number of amidine groups is 1. The van der Waals surface area contributed by atoms with Gasteiger partial charge in [-0.1, -0.05) is 33.0 Å². The number of rotatable bonds is 6. The third-order valence-electron chi connectivity index (χ3n) is 5.66. The molecular formula is C25H32N4O3S. The van der Waals surface area contributed by atoms with Gasteiger partial charge in [0, 0.05) is 36.3 Å². The maximum atomic E-state index is 10.8. The average molecular weight is 469 g/mol. The number of phenolic OH excluding ortho intramolecular Hbond substituents is 2. The smallest absolute Gasteiger partial charge is 0.164 e. The quantitative estimate of drug-likeness (QED) is 0.198. The van der Waals surface area contributed by atoms with Crippen molar-refractivity contribution in [3.8, 4) is 17.2 Å². The van der Waals surface area contributed by atoms with E-state index in [2.05, 4.69) is 28.9 Å². The maximum Gasteiger partial charge on any atom is 0.164 e. The molecule has 0 aliphatic carbocycles. The summed E-state index contributed by atoms with van der Waals surface area (Å²) in [5.41, 5.74) is 6.71. The minimum absolute atomic E-state index is 0.0365. The van der Waals surface area contributed by atoms with Crippen LogP contribution in [0.1, 0.15) is 51.8 Å². The Bertz CT molecular complexity index is 1210. The number of phenols is 2. The van der Waals surface area contributed by atoms with Gasteiger partial charge in [-0.05, 0) is 43.5 Å². The van der Waals surface area contributed by atoms with Crippen molar-refractivity contribution >= 4 is 40.1 Å². The molecule has 33 heavy (non-hydrogen) atoms. The Morgan fingerprint density at radius 3 is 2.45 bits per heavy atom. The first-order valence-corrected chi connectivity index (χ1v) is 11.2. The fourth-order valence-corrected chi connectivity index (χ4v) is 4.05. The Balaban J connectivity index is 2.25. The number of aromatic hydroxyl groups is 2. The highest BCUT2D eigenvalue weighted by Crippen LogP contribution is 2.39. The first kappa shape index (κ1) is 24.4. The maximum absolute atomic E-state index is 10.8. The van der Waals surface area contributed by atoms with Crippen LogP contribution in [-0.2, 0) is 5.41 Å². The van der Waals surface area contributed by atoms with Gasteiger partial charge in [0.05, 0.1) is 29.4 Å². The highest BCUT2D eigenvalue weighted by atomic mass is 32.1. The average Bonchev–Trinajstić information content (AvgIpc) is 3.19. The van der Waals surface area contributed by atoms with Crippen LogP contribution in [0.5, 0.6) is 17.2 Å². The van der Waals surface area contributed by atoms with Crippen molar-refractivity contribution in [2.45, 2.75) is 46.1 Å². The zero-order valence-electron chi connectivity index (χ0n) is 20.2. The number of hydrogen-bond acceptors (Lipinski definition) is 5. The molecule has 2 aromatic carbocycles. The molecule has 0 radical (unpaired) electrons. The Kier molecular flexibility index (Phi) is 6.88. The molecule has 0 amide bonds. The lowest BCUT2D eigenvalue weighted by molar-refractivity contribution is 0.416. The molecule has 0 unspecified atom stereocenters. The molecule has 0 bridgehead atoms. The van der Waals surface area contributed by atoms with Crippen LogP contribution in [0.3, 0.4) is 0 Å². The lowest BCUT2D eigenvalue weighted by atomic mass is 9.85. The van der Waals surface area contributed by atoms with E-state index in [-0.39, 0.29) is 23.0 Å². The molecule has 0 aliphatic rings. The Labute approximate surface area is 200 Å². The fraction of sp³-hybridized carbons (Fsp3) is 0.360. The SMILES string of the molecule is COc1ccc(N(C)/C(=N\NC=S)c2cc(C(C)(C)C)c(O)cc2O)c2ccn(C(C)C)c12. The van der Waals surface area contributed by atoms with Gasteiger partial charge in [0.1, 0.15) is 17.2 Å². The van der Waals surface area contributed by atoms with Crippen LogP contribution >= 0.6 is 12.2 Å². The molecule has 3 aromatic rings. The van der Waals surface area contributed by atoms with E-state index in [4.69, 9.17) is 17.0 Å². The van der Waals surface area contributed by atoms with E-state index in [1.807, 2.05) is 57.1 Å². The molecule has 1 aromatic heterocycles. The Hall–Kier alpha value is -3.26. The standard InChI is InChI=1S/C25H32N4O3S/c1-15(2)29-11-10-16-19(8-9-22(32-7)23(16)29)28(6)24(27-26-14-33)17-12-18(25(3,4)5)21(31)13-20(17)30/h8-15,30-31H,1-7H3,(H,26,33)/b27-24-. The summed E-state index contributed by atoms with van der Waals surface area (Å²) < 4.78 is 7.80. The van der Waals surface area contributed by atoms with E-state index in [9.17, 15) is 10.2 Å². The summed E-state index contributed by atoms with van der Waals surface area (Å²) in [5, 5.41) is 26.6. The Morgan fingerprint density at radius 1 is 1.18 bits per heavy atom. The van der Waals surface area contributed by atoms with Crippen LogP contribution in [-0.4, -0.2) is 40.3 Å². The van der Waals surface area contributed by atoms with Gasteiger partial charge in [0.25, 0.3) is 0 Å². The van der Waals surface area contributed by atoms with Crippen molar-refractivity contribution in [2.24, 2.45) is 5.10 Å². The van der Waals surface area contributed by atoms with E-state index in [0.717, 1.165) is 22.3 Å². The third kappa shape index (κ3) is 4.61. The number of benzene rings is 2. The van der Waals surface area contributed by atoms with Crippen molar-refractivity contribution in [3.63, 3.8) is 0 Å². The molecule has 0 aliphatic heterocycles. The predicted octanol–water partition coefficient (Wildman–Crippen LogP) is 5.28. The van der Waals surface area contributed by atoms with Crippen molar-refractivity contribution in [1.29, 1.82) is 0 Å². The van der Waals surface area contributed by atoms with Crippen LogP contribution in [0.25, 0.3) is 10.9 Å². The number of anilines is 1. The highest BCUT2D eigenvalue weighted by Gasteiger charge is 2.25. The molecule has 8 heteroatoms. The van der Waals surface area contributed by atoms with Gasteiger partial charge in [-0.15, -0.1) is 0 Å². The van der Waals surface area contributed by atoms with E-state index in [1.165, 1.54) is 11.6 Å². The number of ether oxygens (including phenoxy) is 1. The first-order chi connectivity index (χ1) is 15.5. The van der Waals surface area contributed by atoms with Gasteiger partial charge < -0.3 is 24.4 Å². The number of fused-ring (bicyclic) bond motifs is 1. The normalized spacial score (nSPS) is 12.3. The van der Waals surface area contributed by atoms with Gasteiger partial charge in [-0.2, -0.15) is 5.10 Å². The van der Waals surface area contributed by atoms with Crippen LogP contribution in [0.2, 0.25) is 0 Å². The number of aromatic nitrogens is 1. The summed E-state index contributed by atoms with van der Waals surface area (Å²) in [6, 6.07) is 9.30. The number of methoxy groups -OCH3 is 1. The number of hydrogen-bond donors (Lipinski definition) is 3. The van der Waals surface area contributed by atoms with Crippen molar-refractivity contribution < 1.29 is 14.9 Å². The highest BCUT2D eigenvalue weighted by molar-refractivity contribution is 7.78. The molecule has 0 saturated carbocycles. The number of hydrazone groups is 1. The molecule has 0 saturated heterocycles. The van der Waals surface area contributed by atoms with E-state index < -0.39 is 0 Å². The zero-order chi connectivity index (χ0) is 24.5. The summed E-state index contributed by atoms with van der Waals surface area (Å²) >= 11 is 4.92. The molecule has 3 N–H and O–H groups in total. The second-order valence-electron chi connectivity index (χ2n) is 9.24. The second kappa shape index (κ2) is 9.31. The van der Waals surface area contributed by atoms with Crippen molar-refractivity contribution in [2.75, 3.05) is 19.1 Å². The van der Waals surface area contributed by atoms with Gasteiger partial charge >= 0.3 is 0 Å². The van der Waals surface area contributed by atoms with Gasteiger partial charge in [0.15, 0.2) is 5.84 Å². The van der Waals surface area contributed by atoms with Crippen molar-refractivity contribution in [3.05, 3.63) is 47.7 Å². The molecule has 0 spiro atoms. The van der Waals surface area contributed by atoms with Crippen LogP contribution in [0.4, 0.5) is 5.69 Å². The monoisotopic (exact) mass is 468 g/mol. The number of nitrogens with one attached hydrogen (secondary N) is 1. The van der Waals surface area contributed by atoms with E-state index >= 15 is 0 Å². The fourth-order valence-electron chi connectivity index (χ4n) is 4.00. The first-order valence-electron chi connectivity index (χ1n) is 10.8. The molecule has 3 rings (SSSR count). The minimum atomic E-state index is -0.338. The zero-order valence-corrected chi connectivity index (χ0v) is 21.0. The summed E-state index contributed by atoms with van der Waals surface area (Å²) in [6.45, 7) is 10.2. The second-order valence-corrected chi connectivity index (χ2v) is 9.48. The third-order valence-corrected chi connectivity index (χ3v) is 5.76. The molecule has 176 valence electrons. The number of nitrogens with zero attached hydrogens (tertiary/aromatic N) is 3. The molecular weight excluding hydrogens is 436 g/mol. The predicted molar refractivity (Wildman–Crippen MR) is 139 cm³/mol. The lowest BCUT2D eigenvalue weighted by Crippen LogP contribution is -2.30. The van der Waals surface area contributed by atoms with Gasteiger partial charge in [-0.3, -0.25) is 5.43 Å². The molecule has 1 heterocycles. The van der Waals surface area contributed by atoms with Crippen LogP contribution in [0, 0.1) is 0 Å². The topological polar surface area (TPSA) is 82.2 Å². The Morgan fingerprint density at radius 2 is 1.88 bits per heavy atom. The summed E-state index contributed by atoms with van der Waals surface area (Å²) in [7, 11) is 3.54. The van der Waals surface area contributed by atoms with Crippen LogP contribution < -0.4 is 15.1 Å². The van der Waals surface area contributed by atoms with Crippen molar-refractivity contribution in [1.82, 2.24) is 9.99 Å². The minimum Gasteiger partial charge on any atom is -0.508 e. The van der Waals surface area contributed by atoms with E-state index in [0.29, 0.717) is 17.0 Å². The largest absolute Gasteiger partial charge is 0.508 e. The summed E-state index contributed by atoms with van der Waals surface area (Å²) in [4.78, 5) is 1.89. The van der Waals surface area contributed by atoms with Crippen LogP contribution in [0.15, 0.2) is 41.6 Å². The summed E-state index contributed by atoms with van der Waals surface area (Å²) in [5.74, 6) is 1.18. The summed E-state index contributed by atoms with van der Waals surface area (Å²) in [6.07, 6.45) is 2.04. The van der Waals surface area contributed by atoms with E-state index in [1.54, 1.807) is 13.2 Å². The molecule has 0 fully saturated rings. The molecule has 7 nitrogen and oxygen atoms in total. The molecule has 0 atom stereocenters.